The quantitative estimate of drug-likeness (QED) is 0.419. The Morgan fingerprint density at radius 2 is 2.00 bits per heavy atom. The fourth-order valence-corrected chi connectivity index (χ4v) is 3.66. The zero-order valence-electron chi connectivity index (χ0n) is 14.9. The average molecular weight is 442 g/mol. The van der Waals surface area contributed by atoms with E-state index in [4.69, 9.17) is 0 Å². The van der Waals surface area contributed by atoms with Crippen LogP contribution in [-0.4, -0.2) is 51.1 Å². The zero-order chi connectivity index (χ0) is 16.1. The Bertz CT molecular complexity index is 527. The van der Waals surface area contributed by atoms with Crippen molar-refractivity contribution in [3.05, 3.63) is 35.9 Å². The molecule has 0 amide bonds. The van der Waals surface area contributed by atoms with E-state index in [9.17, 15) is 0 Å². The maximum Gasteiger partial charge on any atom is 0.191 e. The Hall–Kier alpha value is -0.820. The summed E-state index contributed by atoms with van der Waals surface area (Å²) in [6, 6.07) is 10.9. The molecule has 2 N–H and O–H groups in total. The predicted octanol–water partition coefficient (Wildman–Crippen LogP) is 2.84. The molecule has 3 rings (SSSR count). The summed E-state index contributed by atoms with van der Waals surface area (Å²) in [5.74, 6) is 1.68. The van der Waals surface area contributed by atoms with Gasteiger partial charge in [-0.05, 0) is 50.8 Å². The standard InChI is InChI=1S/C19H30N4.HI/c1-20-18(21-13-16-7-6-12-23(2)14-16)22-15-19(10-11-19)17-8-4-3-5-9-17;/h3-5,8-9,16H,6-7,10-15H2,1-2H3,(H2,20,21,22);1H. The fraction of sp³-hybridized carbons (Fsp3) is 0.632. The summed E-state index contributed by atoms with van der Waals surface area (Å²) in [6.07, 6.45) is 5.18. The summed E-state index contributed by atoms with van der Waals surface area (Å²) < 4.78 is 0. The second-order valence-corrected chi connectivity index (χ2v) is 7.22. The molecule has 4 nitrogen and oxygen atoms in total. The molecule has 1 atom stereocenters. The SMILES string of the molecule is CN=C(NCC1CCCN(C)C1)NCC1(c2ccccc2)CC1.I. The first-order valence-electron chi connectivity index (χ1n) is 8.90. The largest absolute Gasteiger partial charge is 0.356 e. The van der Waals surface area contributed by atoms with Crippen molar-refractivity contribution in [2.75, 3.05) is 40.3 Å². The van der Waals surface area contributed by atoms with E-state index in [1.54, 1.807) is 0 Å². The van der Waals surface area contributed by atoms with Crippen molar-refractivity contribution < 1.29 is 0 Å². The van der Waals surface area contributed by atoms with Crippen LogP contribution in [0.25, 0.3) is 0 Å². The Morgan fingerprint density at radius 1 is 1.25 bits per heavy atom. The Balaban J connectivity index is 0.00000208. The molecule has 1 aliphatic carbocycles. The Labute approximate surface area is 163 Å². The van der Waals surface area contributed by atoms with Gasteiger partial charge in [0.15, 0.2) is 5.96 Å². The highest BCUT2D eigenvalue weighted by Gasteiger charge is 2.44. The van der Waals surface area contributed by atoms with E-state index in [2.05, 4.69) is 57.9 Å². The molecule has 1 aromatic rings. The van der Waals surface area contributed by atoms with E-state index < -0.39 is 0 Å². The highest BCUT2D eigenvalue weighted by atomic mass is 127. The molecule has 1 saturated heterocycles. The van der Waals surface area contributed by atoms with Gasteiger partial charge in [0.2, 0.25) is 0 Å². The lowest BCUT2D eigenvalue weighted by molar-refractivity contribution is 0.210. The van der Waals surface area contributed by atoms with E-state index >= 15 is 0 Å². The smallest absolute Gasteiger partial charge is 0.191 e. The topological polar surface area (TPSA) is 39.7 Å². The number of likely N-dealkylation sites (tertiary alicyclic amines) is 1. The lowest BCUT2D eigenvalue weighted by atomic mass is 9.96. The summed E-state index contributed by atoms with van der Waals surface area (Å²) in [4.78, 5) is 6.83. The monoisotopic (exact) mass is 442 g/mol. The van der Waals surface area contributed by atoms with Gasteiger partial charge in [-0.15, -0.1) is 24.0 Å². The number of nitrogens with one attached hydrogen (secondary N) is 2. The van der Waals surface area contributed by atoms with Crippen molar-refractivity contribution in [3.8, 4) is 0 Å². The molecule has 0 radical (unpaired) electrons. The second-order valence-electron chi connectivity index (χ2n) is 7.22. The van der Waals surface area contributed by atoms with E-state index in [1.807, 2.05) is 7.05 Å². The van der Waals surface area contributed by atoms with Gasteiger partial charge in [0, 0.05) is 32.1 Å². The van der Waals surface area contributed by atoms with Gasteiger partial charge in [0.05, 0.1) is 0 Å². The average Bonchev–Trinajstić information content (AvgIpc) is 3.37. The first-order chi connectivity index (χ1) is 11.2. The van der Waals surface area contributed by atoms with Crippen LogP contribution in [0.3, 0.4) is 0 Å². The molecule has 1 aromatic carbocycles. The van der Waals surface area contributed by atoms with Crippen LogP contribution >= 0.6 is 24.0 Å². The molecule has 0 spiro atoms. The number of benzene rings is 1. The minimum atomic E-state index is 0. The summed E-state index contributed by atoms with van der Waals surface area (Å²) in [7, 11) is 4.08. The molecule has 1 heterocycles. The minimum absolute atomic E-state index is 0. The minimum Gasteiger partial charge on any atom is -0.356 e. The Morgan fingerprint density at radius 3 is 2.62 bits per heavy atom. The summed E-state index contributed by atoms with van der Waals surface area (Å²) in [6.45, 7) is 4.42. The van der Waals surface area contributed by atoms with Crippen LogP contribution in [0.5, 0.6) is 0 Å². The molecule has 2 aliphatic rings. The van der Waals surface area contributed by atoms with Crippen LogP contribution in [-0.2, 0) is 5.41 Å². The molecule has 1 saturated carbocycles. The predicted molar refractivity (Wildman–Crippen MR) is 112 cm³/mol. The first kappa shape index (κ1) is 19.5. The third-order valence-corrected chi connectivity index (χ3v) is 5.34. The molecule has 5 heteroatoms. The van der Waals surface area contributed by atoms with Gasteiger partial charge in [-0.3, -0.25) is 4.99 Å². The molecule has 134 valence electrons. The zero-order valence-corrected chi connectivity index (χ0v) is 17.3. The van der Waals surface area contributed by atoms with E-state index in [0.717, 1.165) is 25.0 Å². The van der Waals surface area contributed by atoms with Crippen molar-refractivity contribution in [3.63, 3.8) is 0 Å². The summed E-state index contributed by atoms with van der Waals surface area (Å²) in [5.41, 5.74) is 1.78. The number of halogens is 1. The van der Waals surface area contributed by atoms with E-state index in [0.29, 0.717) is 5.41 Å². The van der Waals surface area contributed by atoms with Gasteiger partial charge in [-0.1, -0.05) is 30.3 Å². The van der Waals surface area contributed by atoms with Crippen molar-refractivity contribution in [2.45, 2.75) is 31.1 Å². The number of hydrogen-bond donors (Lipinski definition) is 2. The number of guanidine groups is 1. The van der Waals surface area contributed by atoms with Gasteiger partial charge >= 0.3 is 0 Å². The van der Waals surface area contributed by atoms with Gasteiger partial charge in [-0.25, -0.2) is 0 Å². The van der Waals surface area contributed by atoms with Gasteiger partial charge in [0.25, 0.3) is 0 Å². The van der Waals surface area contributed by atoms with Crippen LogP contribution in [0.1, 0.15) is 31.2 Å². The van der Waals surface area contributed by atoms with Crippen LogP contribution < -0.4 is 10.6 Å². The molecule has 0 bridgehead atoms. The highest BCUT2D eigenvalue weighted by Crippen LogP contribution is 2.47. The van der Waals surface area contributed by atoms with Crippen molar-refractivity contribution in [2.24, 2.45) is 10.9 Å². The van der Waals surface area contributed by atoms with Crippen molar-refractivity contribution in [1.82, 2.24) is 15.5 Å². The molecule has 24 heavy (non-hydrogen) atoms. The number of hydrogen-bond acceptors (Lipinski definition) is 2. The fourth-order valence-electron chi connectivity index (χ4n) is 3.66. The van der Waals surface area contributed by atoms with Crippen LogP contribution in [0.15, 0.2) is 35.3 Å². The number of piperidine rings is 1. The molecular weight excluding hydrogens is 411 g/mol. The molecule has 2 fully saturated rings. The highest BCUT2D eigenvalue weighted by molar-refractivity contribution is 14.0. The maximum absolute atomic E-state index is 4.40. The van der Waals surface area contributed by atoms with Gasteiger partial charge in [0.1, 0.15) is 0 Å². The number of rotatable bonds is 5. The Kier molecular flexibility index (Phi) is 7.34. The summed E-state index contributed by atoms with van der Waals surface area (Å²) in [5, 5.41) is 7.07. The van der Waals surface area contributed by atoms with E-state index in [1.165, 1.54) is 44.3 Å². The van der Waals surface area contributed by atoms with Gasteiger partial charge in [-0.2, -0.15) is 0 Å². The molecule has 0 aromatic heterocycles. The molecule has 1 aliphatic heterocycles. The van der Waals surface area contributed by atoms with E-state index in [-0.39, 0.29) is 24.0 Å². The maximum atomic E-state index is 4.40. The van der Waals surface area contributed by atoms with Gasteiger partial charge < -0.3 is 15.5 Å². The normalized spacial score (nSPS) is 23.2. The number of aliphatic imine (C=N–C) groups is 1. The lowest BCUT2D eigenvalue weighted by Gasteiger charge is -2.30. The third kappa shape index (κ3) is 5.09. The number of nitrogens with zero attached hydrogens (tertiary/aromatic N) is 2. The van der Waals surface area contributed by atoms with Crippen molar-refractivity contribution in [1.29, 1.82) is 0 Å². The summed E-state index contributed by atoms with van der Waals surface area (Å²) >= 11 is 0. The lowest BCUT2D eigenvalue weighted by Crippen LogP contribution is -2.45. The molecule has 1 unspecified atom stereocenters. The second kappa shape index (κ2) is 9.04. The van der Waals surface area contributed by atoms with Crippen molar-refractivity contribution >= 4 is 29.9 Å². The van der Waals surface area contributed by atoms with Crippen LogP contribution in [0, 0.1) is 5.92 Å². The van der Waals surface area contributed by atoms with Crippen LogP contribution in [0.2, 0.25) is 0 Å². The first-order valence-corrected chi connectivity index (χ1v) is 8.90. The third-order valence-electron chi connectivity index (χ3n) is 5.34. The van der Waals surface area contributed by atoms with Crippen LogP contribution in [0.4, 0.5) is 0 Å². The molecular formula is C19H31IN4.